The Bertz CT molecular complexity index is 1080. The molecule has 0 aromatic rings. The van der Waals surface area contributed by atoms with E-state index in [9.17, 15) is 14.4 Å². The van der Waals surface area contributed by atoms with Crippen LogP contribution in [0.2, 0.25) is 0 Å². The smallest absolute Gasteiger partial charge is 0.306 e. The first-order chi connectivity index (χ1) is 25.1. The minimum Gasteiger partial charge on any atom is -0.466 e. The topological polar surface area (TPSA) is 78.9 Å². The van der Waals surface area contributed by atoms with Gasteiger partial charge in [-0.3, -0.25) is 14.4 Å². The zero-order chi connectivity index (χ0) is 37.4. The zero-order valence-corrected chi connectivity index (χ0v) is 36.4. The van der Waals surface area contributed by atoms with Crippen molar-refractivity contribution in [3.8, 4) is 0 Å². The summed E-state index contributed by atoms with van der Waals surface area (Å²) >= 11 is 6.97. The van der Waals surface area contributed by atoms with E-state index in [0.717, 1.165) is 79.8 Å². The summed E-state index contributed by atoms with van der Waals surface area (Å²) in [7, 11) is 0. The largest absolute Gasteiger partial charge is 0.466 e. The Balaban J connectivity index is 1.14. The molecule has 0 unspecified atom stereocenters. The molecule has 4 fully saturated rings. The molecule has 4 rings (SSSR count). The number of carbonyl (C=O) groups excluding carboxylic acids is 3. The monoisotopic (exact) mass is 856 g/mol. The van der Waals surface area contributed by atoms with Gasteiger partial charge in [0.25, 0.3) is 0 Å². The van der Waals surface area contributed by atoms with Crippen LogP contribution in [-0.4, -0.2) is 47.9 Å². The highest BCUT2D eigenvalue weighted by molar-refractivity contribution is 9.09. The van der Waals surface area contributed by atoms with Gasteiger partial charge in [0.05, 0.1) is 26.1 Å². The highest BCUT2D eigenvalue weighted by Crippen LogP contribution is 2.68. The zero-order valence-electron chi connectivity index (χ0n) is 33.3. The number of carbonyl (C=O) groups is 3. The van der Waals surface area contributed by atoms with Gasteiger partial charge in [0.2, 0.25) is 0 Å². The minimum atomic E-state index is -0.283. The maximum absolute atomic E-state index is 12.8. The first kappa shape index (κ1) is 44.1. The molecule has 0 spiro atoms. The van der Waals surface area contributed by atoms with Crippen molar-refractivity contribution in [2.45, 2.75) is 187 Å². The van der Waals surface area contributed by atoms with E-state index in [1.165, 1.54) is 89.9 Å². The van der Waals surface area contributed by atoms with Crippen molar-refractivity contribution in [2.75, 3.05) is 23.9 Å². The normalized spacial score (nSPS) is 31.6. The molecular weight excluding hydrogens is 784 g/mol. The molecule has 0 N–H and O–H groups in total. The van der Waals surface area contributed by atoms with Crippen LogP contribution < -0.4 is 0 Å². The van der Waals surface area contributed by atoms with E-state index in [4.69, 9.17) is 14.2 Å². The van der Waals surface area contributed by atoms with E-state index in [1.807, 2.05) is 0 Å². The van der Waals surface area contributed by atoms with E-state index in [-0.39, 0.29) is 36.9 Å². The predicted octanol–water partition coefficient (Wildman–Crippen LogP) is 12.3. The van der Waals surface area contributed by atoms with Crippen LogP contribution in [-0.2, 0) is 28.6 Å². The second-order valence-corrected chi connectivity index (χ2v) is 19.4. The molecule has 9 atom stereocenters. The van der Waals surface area contributed by atoms with E-state index in [0.29, 0.717) is 48.2 Å². The van der Waals surface area contributed by atoms with Crippen molar-refractivity contribution < 1.29 is 28.6 Å². The lowest BCUT2D eigenvalue weighted by Crippen LogP contribution is -2.54. The van der Waals surface area contributed by atoms with Gasteiger partial charge in [0, 0.05) is 17.1 Å². The van der Waals surface area contributed by atoms with Gasteiger partial charge in [-0.1, -0.05) is 104 Å². The first-order valence-corrected chi connectivity index (χ1v) is 24.0. The molecule has 0 saturated heterocycles. The standard InChI is InChI=1S/C44H74Br2O6/c1-33(16-21-40(47)50-30-14-10-6-4-8-12-28-45)37-19-20-38-36-18-17-34-32-35(24-26-43(34,2)39(36)25-27-44(37,38)3)52-42(49)23-22-41(48)51-31-15-11-7-5-9-13-29-46/h33-39H,4-32H2,1-3H3/t33-,34-,35-,36+,37-,38+,39+,43+,44-/m1/s1. The Hall–Kier alpha value is -0.630. The third-order valence-electron chi connectivity index (χ3n) is 14.6. The summed E-state index contributed by atoms with van der Waals surface area (Å²) < 4.78 is 17.0. The van der Waals surface area contributed by atoms with Crippen LogP contribution in [0.15, 0.2) is 0 Å². The molecule has 52 heavy (non-hydrogen) atoms. The lowest BCUT2D eigenvalue weighted by molar-refractivity contribution is -0.164. The number of fused-ring (bicyclic) bond motifs is 5. The second-order valence-electron chi connectivity index (χ2n) is 17.8. The van der Waals surface area contributed by atoms with E-state index < -0.39 is 0 Å². The molecule has 4 aliphatic carbocycles. The highest BCUT2D eigenvalue weighted by Gasteiger charge is 2.60. The molecular formula is C44H74Br2O6. The Kier molecular flexibility index (Phi) is 19.3. The lowest BCUT2D eigenvalue weighted by atomic mass is 9.44. The summed E-state index contributed by atoms with van der Waals surface area (Å²) in [6.07, 6.45) is 26.6. The van der Waals surface area contributed by atoms with Gasteiger partial charge in [0.15, 0.2) is 0 Å². The Labute approximate surface area is 334 Å². The SMILES string of the molecule is C[C@H](CCC(=O)OCCCCCCCCBr)[C@H]1CC[C@H]2[C@@H]3CC[C@@H]4C[C@H](OC(=O)CCC(=O)OCCCCCCCCBr)CC[C@]4(C)[C@H]3CC[C@]12C. The number of unbranched alkanes of at least 4 members (excludes halogenated alkanes) is 10. The molecule has 0 aromatic carbocycles. The predicted molar refractivity (Wildman–Crippen MR) is 218 cm³/mol. The Morgan fingerprint density at radius 2 is 1.15 bits per heavy atom. The molecule has 300 valence electrons. The van der Waals surface area contributed by atoms with Gasteiger partial charge >= 0.3 is 17.9 Å². The maximum atomic E-state index is 12.8. The molecule has 0 bridgehead atoms. The Morgan fingerprint density at radius 1 is 0.615 bits per heavy atom. The van der Waals surface area contributed by atoms with Crippen molar-refractivity contribution in [2.24, 2.45) is 46.3 Å². The van der Waals surface area contributed by atoms with Crippen LogP contribution in [0, 0.1) is 46.3 Å². The number of hydrogen-bond acceptors (Lipinski definition) is 6. The van der Waals surface area contributed by atoms with Gasteiger partial charge in [-0.25, -0.2) is 0 Å². The molecule has 0 aliphatic heterocycles. The van der Waals surface area contributed by atoms with E-state index >= 15 is 0 Å². The third-order valence-corrected chi connectivity index (χ3v) is 15.7. The van der Waals surface area contributed by atoms with Crippen LogP contribution in [0.5, 0.6) is 0 Å². The fraction of sp³-hybridized carbons (Fsp3) is 0.932. The van der Waals surface area contributed by atoms with Crippen LogP contribution in [0.1, 0.15) is 181 Å². The van der Waals surface area contributed by atoms with Crippen molar-refractivity contribution in [3.63, 3.8) is 0 Å². The highest BCUT2D eigenvalue weighted by atomic mass is 79.9. The molecule has 0 heterocycles. The van der Waals surface area contributed by atoms with Crippen LogP contribution >= 0.6 is 31.9 Å². The van der Waals surface area contributed by atoms with Crippen LogP contribution in [0.25, 0.3) is 0 Å². The number of halogens is 2. The van der Waals surface area contributed by atoms with Gasteiger partial charge < -0.3 is 14.2 Å². The molecule has 0 aromatic heterocycles. The van der Waals surface area contributed by atoms with Gasteiger partial charge in [-0.05, 0) is 136 Å². The minimum absolute atomic E-state index is 0.00219. The van der Waals surface area contributed by atoms with Crippen LogP contribution in [0.3, 0.4) is 0 Å². The molecule has 8 heteroatoms. The number of esters is 3. The molecule has 6 nitrogen and oxygen atoms in total. The quantitative estimate of drug-likeness (QED) is 0.0416. The van der Waals surface area contributed by atoms with E-state index in [1.54, 1.807) is 0 Å². The molecule has 4 saturated carbocycles. The van der Waals surface area contributed by atoms with Crippen molar-refractivity contribution in [3.05, 3.63) is 0 Å². The van der Waals surface area contributed by atoms with Gasteiger partial charge in [0.1, 0.15) is 6.10 Å². The van der Waals surface area contributed by atoms with Crippen LogP contribution in [0.4, 0.5) is 0 Å². The summed E-state index contributed by atoms with van der Waals surface area (Å²) in [6, 6.07) is 0. The van der Waals surface area contributed by atoms with Crippen molar-refractivity contribution >= 4 is 49.8 Å². The van der Waals surface area contributed by atoms with Gasteiger partial charge in [-0.15, -0.1) is 0 Å². The fourth-order valence-electron chi connectivity index (χ4n) is 11.6. The third kappa shape index (κ3) is 12.7. The summed E-state index contributed by atoms with van der Waals surface area (Å²) in [5, 5.41) is 2.16. The first-order valence-electron chi connectivity index (χ1n) is 21.7. The lowest BCUT2D eigenvalue weighted by Gasteiger charge is -2.61. The van der Waals surface area contributed by atoms with Crippen molar-refractivity contribution in [1.29, 1.82) is 0 Å². The molecule has 4 aliphatic rings. The summed E-state index contributed by atoms with van der Waals surface area (Å²) in [5.41, 5.74) is 0.704. The number of hydrogen-bond donors (Lipinski definition) is 0. The number of alkyl halides is 2. The Morgan fingerprint density at radius 3 is 1.79 bits per heavy atom. The number of rotatable bonds is 24. The average molecular weight is 859 g/mol. The van der Waals surface area contributed by atoms with Crippen molar-refractivity contribution in [1.82, 2.24) is 0 Å². The summed E-state index contributed by atoms with van der Waals surface area (Å²) in [5.74, 6) is 3.67. The number of ether oxygens (including phenoxy) is 3. The average Bonchev–Trinajstić information content (AvgIpc) is 3.49. The van der Waals surface area contributed by atoms with E-state index in [2.05, 4.69) is 52.6 Å². The molecule has 0 radical (unpaired) electrons. The molecule has 0 amide bonds. The maximum Gasteiger partial charge on any atom is 0.306 e. The fourth-order valence-corrected chi connectivity index (χ4v) is 12.4. The van der Waals surface area contributed by atoms with Gasteiger partial charge in [-0.2, -0.15) is 0 Å². The second kappa shape index (κ2) is 22.8. The summed E-state index contributed by atoms with van der Waals surface area (Å²) in [4.78, 5) is 37.6. The summed E-state index contributed by atoms with van der Waals surface area (Å²) in [6.45, 7) is 8.61.